The number of alkyl halides is 5. The van der Waals surface area contributed by atoms with Crippen molar-refractivity contribution in [1.29, 1.82) is 0 Å². The number of halogens is 6. The number of carbonyl (C=O) groups excluding carboxylic acids is 4. The predicted molar refractivity (Wildman–Crippen MR) is 170 cm³/mol. The van der Waals surface area contributed by atoms with Crippen molar-refractivity contribution in [2.75, 3.05) is 9.80 Å². The zero-order valence-corrected chi connectivity index (χ0v) is 26.8. The second kappa shape index (κ2) is 11.6. The SMILES string of the molecule is O=C1[C@H]2[C@H](CC=C3[C@H]2C[C@@]2(Cl)C(=O)N(c4ccc(F)cc4)C(=O)[C@@]2(Cl)[C@H]3c2cc(OC(F)(F)F)ccc2O)C(=O)N1c1cccc(B(O)O)c1. The van der Waals surface area contributed by atoms with Crippen LogP contribution < -0.4 is 20.0 Å². The molecular weight excluding hydrogens is 710 g/mol. The van der Waals surface area contributed by atoms with Crippen molar-refractivity contribution in [2.45, 2.75) is 34.9 Å². The molecule has 7 rings (SSSR count). The van der Waals surface area contributed by atoms with Gasteiger partial charge in [-0.15, -0.1) is 36.4 Å². The number of nitrogens with zero attached hydrogens (tertiary/aromatic N) is 2. The van der Waals surface area contributed by atoms with Gasteiger partial charge >= 0.3 is 13.5 Å². The van der Waals surface area contributed by atoms with Crippen molar-refractivity contribution >= 4 is 70.8 Å². The third-order valence-electron chi connectivity index (χ3n) is 9.87. The van der Waals surface area contributed by atoms with Crippen molar-refractivity contribution in [3.8, 4) is 11.5 Å². The van der Waals surface area contributed by atoms with Crippen LogP contribution >= 0.6 is 23.2 Å². The van der Waals surface area contributed by atoms with Crippen LogP contribution in [0.2, 0.25) is 0 Å². The van der Waals surface area contributed by atoms with E-state index in [1.807, 2.05) is 0 Å². The summed E-state index contributed by atoms with van der Waals surface area (Å²) in [4.78, 5) is 53.3. The minimum absolute atomic E-state index is 0.00599. The van der Waals surface area contributed by atoms with Crippen LogP contribution in [0, 0.1) is 23.6 Å². The summed E-state index contributed by atoms with van der Waals surface area (Å²) in [7, 11) is -1.91. The van der Waals surface area contributed by atoms with Gasteiger partial charge in [-0.05, 0) is 78.8 Å². The number of amides is 4. The van der Waals surface area contributed by atoms with Gasteiger partial charge in [0.05, 0.1) is 23.2 Å². The molecule has 3 aromatic rings. The fourth-order valence-electron chi connectivity index (χ4n) is 7.78. The van der Waals surface area contributed by atoms with E-state index < -0.39 is 94.3 Å². The zero-order valence-electron chi connectivity index (χ0n) is 25.3. The van der Waals surface area contributed by atoms with E-state index in [4.69, 9.17) is 23.2 Å². The molecule has 1 saturated carbocycles. The van der Waals surface area contributed by atoms with Crippen molar-refractivity contribution in [3.05, 3.63) is 89.8 Å². The van der Waals surface area contributed by atoms with Gasteiger partial charge in [0.2, 0.25) is 11.8 Å². The summed E-state index contributed by atoms with van der Waals surface area (Å²) in [6.45, 7) is 0. The molecule has 258 valence electrons. The fraction of sp³-hybridized carbons (Fsp3) is 0.273. The Kier molecular flexibility index (Phi) is 7.86. The van der Waals surface area contributed by atoms with Crippen LogP contribution in [0.15, 0.2) is 78.4 Å². The number of carbonyl (C=O) groups is 4. The van der Waals surface area contributed by atoms with Crippen LogP contribution in [0.4, 0.5) is 28.9 Å². The maximum atomic E-state index is 14.4. The molecule has 3 fully saturated rings. The molecule has 10 nitrogen and oxygen atoms in total. The second-order valence-electron chi connectivity index (χ2n) is 12.5. The van der Waals surface area contributed by atoms with Gasteiger partial charge in [-0.25, -0.2) is 9.29 Å². The number of allylic oxidation sites excluding steroid dienone is 2. The number of rotatable bonds is 5. The summed E-state index contributed by atoms with van der Waals surface area (Å²) >= 11 is 14.4. The van der Waals surface area contributed by atoms with Gasteiger partial charge in [-0.1, -0.05) is 23.8 Å². The molecule has 2 aliphatic heterocycles. The number of hydrogen-bond donors (Lipinski definition) is 3. The van der Waals surface area contributed by atoms with Gasteiger partial charge < -0.3 is 19.9 Å². The first kappa shape index (κ1) is 34.0. The van der Waals surface area contributed by atoms with E-state index in [0.29, 0.717) is 4.90 Å². The summed E-state index contributed by atoms with van der Waals surface area (Å²) in [5.41, 5.74) is -0.297. The molecule has 0 aromatic heterocycles. The van der Waals surface area contributed by atoms with Crippen LogP contribution in [0.3, 0.4) is 0 Å². The van der Waals surface area contributed by atoms with Crippen molar-refractivity contribution in [1.82, 2.24) is 0 Å². The Balaban J connectivity index is 1.40. The fourth-order valence-corrected chi connectivity index (χ4v) is 8.71. The average molecular weight is 733 g/mol. The first-order chi connectivity index (χ1) is 23.5. The average Bonchev–Trinajstić information content (AvgIpc) is 3.39. The molecule has 2 heterocycles. The highest BCUT2D eigenvalue weighted by Crippen LogP contribution is 2.66. The molecular formula is C33H23BCl2F4N2O8. The lowest BCUT2D eigenvalue weighted by Crippen LogP contribution is -2.60. The molecule has 0 radical (unpaired) electrons. The monoisotopic (exact) mass is 732 g/mol. The van der Waals surface area contributed by atoms with Crippen LogP contribution in [0.1, 0.15) is 24.3 Å². The van der Waals surface area contributed by atoms with Crippen LogP contribution in [0.25, 0.3) is 0 Å². The molecule has 50 heavy (non-hydrogen) atoms. The topological polar surface area (TPSA) is 145 Å². The highest BCUT2D eigenvalue weighted by Gasteiger charge is 2.77. The lowest BCUT2D eigenvalue weighted by molar-refractivity contribution is -0.274. The number of phenolic OH excluding ortho intramolecular Hbond substituents is 1. The van der Waals surface area contributed by atoms with Gasteiger partial charge in [0.25, 0.3) is 11.8 Å². The molecule has 6 atom stereocenters. The molecule has 3 N–H and O–H groups in total. The third-order valence-corrected chi connectivity index (χ3v) is 11.3. The molecule has 0 bridgehead atoms. The van der Waals surface area contributed by atoms with E-state index in [2.05, 4.69) is 4.74 Å². The molecule has 4 amide bonds. The number of fused-ring (bicyclic) bond motifs is 4. The molecule has 17 heteroatoms. The number of benzene rings is 3. The summed E-state index contributed by atoms with van der Waals surface area (Å²) in [6, 6.07) is 12.2. The number of imide groups is 2. The van der Waals surface area contributed by atoms with E-state index in [1.165, 1.54) is 30.3 Å². The first-order valence-corrected chi connectivity index (χ1v) is 15.9. The van der Waals surface area contributed by atoms with Crippen molar-refractivity contribution in [2.24, 2.45) is 17.8 Å². The number of aromatic hydroxyl groups is 1. The lowest BCUT2D eigenvalue weighted by atomic mass is 9.56. The Morgan fingerprint density at radius 3 is 2.22 bits per heavy atom. The third kappa shape index (κ3) is 4.93. The Morgan fingerprint density at radius 2 is 1.56 bits per heavy atom. The van der Waals surface area contributed by atoms with Crippen LogP contribution in [-0.2, 0) is 19.2 Å². The Bertz CT molecular complexity index is 2010. The molecule has 2 saturated heterocycles. The Hall–Kier alpha value is -4.44. The van der Waals surface area contributed by atoms with Crippen molar-refractivity contribution in [3.63, 3.8) is 0 Å². The van der Waals surface area contributed by atoms with Crippen LogP contribution in [-0.4, -0.2) is 62.0 Å². The van der Waals surface area contributed by atoms with E-state index in [1.54, 1.807) is 0 Å². The summed E-state index contributed by atoms with van der Waals surface area (Å²) in [6.07, 6.45) is -4.25. The number of phenols is 1. The Morgan fingerprint density at radius 1 is 0.860 bits per heavy atom. The highest BCUT2D eigenvalue weighted by atomic mass is 35.5. The normalized spacial score (nSPS) is 29.1. The Labute approximate surface area is 290 Å². The molecule has 4 aliphatic rings. The molecule has 2 aliphatic carbocycles. The van der Waals surface area contributed by atoms with Gasteiger partial charge in [-0.2, -0.15) is 0 Å². The second-order valence-corrected chi connectivity index (χ2v) is 13.7. The van der Waals surface area contributed by atoms with Gasteiger partial charge in [0, 0.05) is 11.5 Å². The predicted octanol–water partition coefficient (Wildman–Crippen LogP) is 3.88. The number of anilines is 2. The number of hydrogen-bond acceptors (Lipinski definition) is 8. The standard InChI is InChI=1S/C33H23BCl2F4N2O8/c35-31-14-23-20(9-10-21-25(23)28(45)41(27(21)44)18-3-1-2-15(12-18)34(48)49)26(22-13-19(8-11-24(22)43)50-33(38,39)40)32(31,36)30(47)42(29(31)46)17-6-4-16(37)5-7-17/h1-9,11-13,21,23,25-26,43,48-49H,10,14H2/t21-,23+,25-,26+,31+,32-/m0/s1. The van der Waals surface area contributed by atoms with Crippen molar-refractivity contribution < 1.29 is 56.6 Å². The zero-order chi connectivity index (χ0) is 36.1. The van der Waals surface area contributed by atoms with Crippen LogP contribution in [0.5, 0.6) is 11.5 Å². The van der Waals surface area contributed by atoms with E-state index in [0.717, 1.165) is 47.4 Å². The number of ether oxygens (including phenoxy) is 1. The quantitative estimate of drug-likeness (QED) is 0.118. The lowest BCUT2D eigenvalue weighted by Gasteiger charge is -2.50. The smallest absolute Gasteiger partial charge is 0.508 e. The summed E-state index contributed by atoms with van der Waals surface area (Å²) < 4.78 is 57.9. The molecule has 0 spiro atoms. The van der Waals surface area contributed by atoms with Gasteiger partial charge in [0.15, 0.2) is 9.75 Å². The van der Waals surface area contributed by atoms with E-state index >= 15 is 0 Å². The highest BCUT2D eigenvalue weighted by molar-refractivity contribution is 6.59. The summed E-state index contributed by atoms with van der Waals surface area (Å²) in [5.74, 6) is -10.7. The summed E-state index contributed by atoms with van der Waals surface area (Å²) in [5, 5.41) is 30.5. The van der Waals surface area contributed by atoms with Gasteiger partial charge in [0.1, 0.15) is 17.3 Å². The first-order valence-electron chi connectivity index (χ1n) is 15.1. The molecule has 3 aromatic carbocycles. The largest absolute Gasteiger partial charge is 0.573 e. The van der Waals surface area contributed by atoms with E-state index in [9.17, 15) is 51.9 Å². The maximum absolute atomic E-state index is 14.4. The van der Waals surface area contributed by atoms with E-state index in [-0.39, 0.29) is 34.4 Å². The minimum Gasteiger partial charge on any atom is -0.508 e. The maximum Gasteiger partial charge on any atom is 0.573 e. The van der Waals surface area contributed by atoms with Gasteiger partial charge in [-0.3, -0.25) is 24.1 Å². The minimum atomic E-state index is -5.16. The molecule has 0 unspecified atom stereocenters.